The molecule has 1 aliphatic carbocycles. The highest BCUT2D eigenvalue weighted by Gasteiger charge is 2.40. The molecule has 1 fully saturated rings. The summed E-state index contributed by atoms with van der Waals surface area (Å²) in [5.74, 6) is -0.805. The van der Waals surface area contributed by atoms with Crippen LogP contribution in [0.25, 0.3) is 0 Å². The molecule has 2 N–H and O–H groups in total. The number of benzene rings is 1. The number of carbonyl (C=O) groups is 1. The van der Waals surface area contributed by atoms with Crippen molar-refractivity contribution in [2.24, 2.45) is 0 Å². The summed E-state index contributed by atoms with van der Waals surface area (Å²) in [6.07, 6.45) is 5.31. The van der Waals surface area contributed by atoms with Crippen molar-refractivity contribution in [3.05, 3.63) is 29.8 Å². The van der Waals surface area contributed by atoms with Crippen LogP contribution in [0, 0.1) is 0 Å². The summed E-state index contributed by atoms with van der Waals surface area (Å²) >= 11 is 0. The zero-order chi connectivity index (χ0) is 14.2. The van der Waals surface area contributed by atoms with E-state index in [1.165, 1.54) is 6.42 Å². The van der Waals surface area contributed by atoms with Gasteiger partial charge in [0, 0.05) is 18.7 Å². The molecule has 0 spiro atoms. The number of aliphatic hydroxyl groups is 1. The third-order valence-electron chi connectivity index (χ3n) is 4.62. The van der Waals surface area contributed by atoms with Crippen LogP contribution in [0.2, 0.25) is 0 Å². The minimum absolute atomic E-state index is 0.432. The van der Waals surface area contributed by atoms with E-state index in [-0.39, 0.29) is 0 Å². The molecule has 108 valence electrons. The molecule has 0 aromatic heterocycles. The molecule has 1 aromatic rings. The fraction of sp³-hybridized carbons (Fsp3) is 0.562. The number of rotatable bonds is 3. The number of fused-ring (bicyclic) bond motifs is 1. The molecule has 3 rings (SSSR count). The standard InChI is InChI=1S/C16H21NO3/c18-15(19)14-10-12-6-2-3-7-13(12)17(14)11-16(20)8-4-1-5-9-16/h2-3,6-7,14,20H,1,4-5,8-11H2,(H,18,19). The number of para-hydroxylation sites is 1. The van der Waals surface area contributed by atoms with Gasteiger partial charge in [0.25, 0.3) is 0 Å². The van der Waals surface area contributed by atoms with Crippen LogP contribution >= 0.6 is 0 Å². The van der Waals surface area contributed by atoms with E-state index >= 15 is 0 Å². The molecular weight excluding hydrogens is 254 g/mol. The van der Waals surface area contributed by atoms with E-state index < -0.39 is 17.6 Å². The quantitative estimate of drug-likeness (QED) is 0.888. The van der Waals surface area contributed by atoms with Gasteiger partial charge in [0.05, 0.1) is 5.60 Å². The molecule has 4 heteroatoms. The summed E-state index contributed by atoms with van der Waals surface area (Å²) in [7, 11) is 0. The first-order valence-electron chi connectivity index (χ1n) is 7.39. The maximum absolute atomic E-state index is 11.5. The lowest BCUT2D eigenvalue weighted by atomic mass is 9.84. The van der Waals surface area contributed by atoms with E-state index in [2.05, 4.69) is 0 Å². The first-order chi connectivity index (χ1) is 9.59. The van der Waals surface area contributed by atoms with Gasteiger partial charge in [-0.05, 0) is 24.5 Å². The number of carboxylic acid groups (broad SMARTS) is 1. The highest BCUT2D eigenvalue weighted by atomic mass is 16.4. The molecule has 20 heavy (non-hydrogen) atoms. The zero-order valence-electron chi connectivity index (χ0n) is 11.6. The maximum Gasteiger partial charge on any atom is 0.326 e. The predicted octanol–water partition coefficient (Wildman–Crippen LogP) is 2.20. The zero-order valence-corrected chi connectivity index (χ0v) is 11.6. The molecule has 0 amide bonds. The second-order valence-corrected chi connectivity index (χ2v) is 6.10. The van der Waals surface area contributed by atoms with E-state index in [0.29, 0.717) is 13.0 Å². The van der Waals surface area contributed by atoms with Gasteiger partial charge in [-0.15, -0.1) is 0 Å². The Morgan fingerprint density at radius 1 is 1.25 bits per heavy atom. The number of anilines is 1. The van der Waals surface area contributed by atoms with Crippen LogP contribution in [0.3, 0.4) is 0 Å². The third-order valence-corrected chi connectivity index (χ3v) is 4.62. The van der Waals surface area contributed by atoms with Crippen LogP contribution in [0.15, 0.2) is 24.3 Å². The summed E-state index contributed by atoms with van der Waals surface area (Å²) in [6.45, 7) is 0.432. The molecule has 0 bridgehead atoms. The van der Waals surface area contributed by atoms with E-state index in [0.717, 1.165) is 36.9 Å². The number of nitrogens with zero attached hydrogens (tertiary/aromatic N) is 1. The van der Waals surface area contributed by atoms with Crippen LogP contribution in [0.1, 0.15) is 37.7 Å². The number of aliphatic carboxylic acids is 1. The SMILES string of the molecule is O=C(O)C1Cc2ccccc2N1CC1(O)CCCCC1. The fourth-order valence-corrected chi connectivity index (χ4v) is 3.55. The first-order valence-corrected chi connectivity index (χ1v) is 7.39. The van der Waals surface area contributed by atoms with Crippen molar-refractivity contribution in [2.75, 3.05) is 11.4 Å². The molecule has 1 heterocycles. The number of hydrogen-bond donors (Lipinski definition) is 2. The Hall–Kier alpha value is -1.55. The molecule has 1 aromatic carbocycles. The van der Waals surface area contributed by atoms with E-state index in [4.69, 9.17) is 0 Å². The normalized spacial score (nSPS) is 24.4. The predicted molar refractivity (Wildman–Crippen MR) is 77.0 cm³/mol. The van der Waals surface area contributed by atoms with Crippen molar-refractivity contribution < 1.29 is 15.0 Å². The van der Waals surface area contributed by atoms with Gasteiger partial charge in [-0.25, -0.2) is 4.79 Å². The lowest BCUT2D eigenvalue weighted by Crippen LogP contribution is -2.49. The van der Waals surface area contributed by atoms with E-state index in [9.17, 15) is 15.0 Å². The topological polar surface area (TPSA) is 60.8 Å². The number of β-amino-alcohol motifs (C(OH)–C–C–N with tert-alkyl or cyclic N) is 1. The van der Waals surface area contributed by atoms with Crippen LogP contribution in [0.4, 0.5) is 5.69 Å². The molecule has 0 saturated heterocycles. The van der Waals surface area contributed by atoms with Gasteiger partial charge in [0.2, 0.25) is 0 Å². The molecule has 1 saturated carbocycles. The lowest BCUT2D eigenvalue weighted by molar-refractivity contribution is -0.138. The summed E-state index contributed by atoms with van der Waals surface area (Å²) in [4.78, 5) is 13.4. The first kappa shape index (κ1) is 13.4. The Bertz CT molecular complexity index is 508. The van der Waals surface area contributed by atoms with Crippen LogP contribution in [-0.2, 0) is 11.2 Å². The highest BCUT2D eigenvalue weighted by Crippen LogP contribution is 2.36. The van der Waals surface area contributed by atoms with E-state index in [1.807, 2.05) is 29.2 Å². The molecular formula is C16H21NO3. The fourth-order valence-electron chi connectivity index (χ4n) is 3.55. The van der Waals surface area contributed by atoms with Gasteiger partial charge in [0.15, 0.2) is 0 Å². The lowest BCUT2D eigenvalue weighted by Gasteiger charge is -2.38. The average Bonchev–Trinajstić information content (AvgIpc) is 2.78. The van der Waals surface area contributed by atoms with Crippen molar-refractivity contribution in [1.29, 1.82) is 0 Å². The second kappa shape index (κ2) is 5.09. The molecule has 1 atom stereocenters. The largest absolute Gasteiger partial charge is 0.480 e. The van der Waals surface area contributed by atoms with Gasteiger partial charge in [-0.2, -0.15) is 0 Å². The minimum atomic E-state index is -0.805. The number of hydrogen-bond acceptors (Lipinski definition) is 3. The number of carboxylic acids is 1. The maximum atomic E-state index is 11.5. The van der Waals surface area contributed by atoms with Crippen LogP contribution in [0.5, 0.6) is 0 Å². The second-order valence-electron chi connectivity index (χ2n) is 6.10. The van der Waals surface area contributed by atoms with Gasteiger partial charge in [-0.1, -0.05) is 37.5 Å². The Labute approximate surface area is 119 Å². The smallest absolute Gasteiger partial charge is 0.326 e. The Morgan fingerprint density at radius 3 is 2.65 bits per heavy atom. The molecule has 1 unspecified atom stereocenters. The summed E-state index contributed by atoms with van der Waals surface area (Å²) in [5, 5.41) is 20.2. The van der Waals surface area contributed by atoms with Crippen molar-refractivity contribution in [1.82, 2.24) is 0 Å². The van der Waals surface area contributed by atoms with Crippen molar-refractivity contribution in [3.8, 4) is 0 Å². The minimum Gasteiger partial charge on any atom is -0.480 e. The van der Waals surface area contributed by atoms with Gasteiger partial charge in [0.1, 0.15) is 6.04 Å². The van der Waals surface area contributed by atoms with E-state index in [1.54, 1.807) is 0 Å². The molecule has 0 radical (unpaired) electrons. The Balaban J connectivity index is 1.86. The van der Waals surface area contributed by atoms with Crippen LogP contribution < -0.4 is 4.90 Å². The highest BCUT2D eigenvalue weighted by molar-refractivity contribution is 5.82. The average molecular weight is 275 g/mol. The summed E-state index contributed by atoms with van der Waals surface area (Å²) in [5.41, 5.74) is 1.31. The van der Waals surface area contributed by atoms with Crippen LogP contribution in [-0.4, -0.2) is 34.4 Å². The van der Waals surface area contributed by atoms with Gasteiger partial charge >= 0.3 is 5.97 Å². The molecule has 2 aliphatic rings. The van der Waals surface area contributed by atoms with Crippen molar-refractivity contribution in [2.45, 2.75) is 50.2 Å². The molecule has 1 aliphatic heterocycles. The summed E-state index contributed by atoms with van der Waals surface area (Å²) in [6, 6.07) is 7.27. The van der Waals surface area contributed by atoms with Crippen molar-refractivity contribution >= 4 is 11.7 Å². The Kier molecular flexibility index (Phi) is 3.42. The Morgan fingerprint density at radius 2 is 1.95 bits per heavy atom. The molecule has 4 nitrogen and oxygen atoms in total. The monoisotopic (exact) mass is 275 g/mol. The van der Waals surface area contributed by atoms with Gasteiger partial charge in [-0.3, -0.25) is 0 Å². The van der Waals surface area contributed by atoms with Crippen molar-refractivity contribution in [3.63, 3.8) is 0 Å². The third kappa shape index (κ3) is 2.40. The van der Waals surface area contributed by atoms with Gasteiger partial charge < -0.3 is 15.1 Å². The summed E-state index contributed by atoms with van der Waals surface area (Å²) < 4.78 is 0.